The van der Waals surface area contributed by atoms with Gasteiger partial charge < -0.3 is 4.90 Å². The van der Waals surface area contributed by atoms with Gasteiger partial charge in [-0.25, -0.2) is 14.6 Å². The Morgan fingerprint density at radius 2 is 1.83 bits per heavy atom. The van der Waals surface area contributed by atoms with Crippen molar-refractivity contribution in [3.8, 4) is 5.69 Å². The van der Waals surface area contributed by atoms with Gasteiger partial charge in [-0.15, -0.1) is 5.10 Å². The highest BCUT2D eigenvalue weighted by molar-refractivity contribution is 5.49. The maximum absolute atomic E-state index is 13.0. The lowest BCUT2D eigenvalue weighted by Crippen LogP contribution is -2.24. The Balaban J connectivity index is 1.69. The Bertz CT molecular complexity index is 1130. The lowest BCUT2D eigenvalue weighted by molar-refractivity contribution is -0.144. The summed E-state index contributed by atoms with van der Waals surface area (Å²) in [6.07, 6.45) is -1.58. The molecule has 1 unspecified atom stereocenters. The van der Waals surface area contributed by atoms with Crippen LogP contribution >= 0.6 is 0 Å². The number of anilines is 1. The minimum Gasteiger partial charge on any atom is -0.353 e. The molecule has 0 bridgehead atoms. The fourth-order valence-electron chi connectivity index (χ4n) is 3.01. The van der Waals surface area contributed by atoms with Crippen LogP contribution in [0.15, 0.2) is 43.0 Å². The first-order chi connectivity index (χ1) is 13.7. The van der Waals surface area contributed by atoms with E-state index in [1.165, 1.54) is 6.33 Å². The first-order valence-electron chi connectivity index (χ1n) is 8.73. The van der Waals surface area contributed by atoms with Crippen LogP contribution in [-0.4, -0.2) is 41.4 Å². The molecule has 0 radical (unpaired) electrons. The van der Waals surface area contributed by atoms with Crippen molar-refractivity contribution in [2.24, 2.45) is 0 Å². The van der Waals surface area contributed by atoms with Crippen LogP contribution in [0, 0.1) is 6.92 Å². The SMILES string of the molecule is Cc1cc(N(C)C(C)c2ccc(-n3cncn3)cc2)n2nc(C(F)(F)F)nc2n1. The predicted octanol–water partition coefficient (Wildman–Crippen LogP) is 3.23. The molecule has 1 aromatic carbocycles. The van der Waals surface area contributed by atoms with Gasteiger partial charge in [0.2, 0.25) is 0 Å². The standard InChI is InChI=1S/C18H17F3N8/c1-11-8-15(29-17(24-11)25-16(26-29)18(19,20)21)27(3)12(2)13-4-6-14(7-5-13)28-10-22-9-23-28/h4-10,12H,1-3H3. The first kappa shape index (κ1) is 18.8. The van der Waals surface area contributed by atoms with Crippen molar-refractivity contribution in [1.82, 2.24) is 34.3 Å². The molecule has 4 rings (SSSR count). The Hall–Kier alpha value is -3.50. The largest absolute Gasteiger partial charge is 0.453 e. The van der Waals surface area contributed by atoms with Crippen molar-refractivity contribution in [3.63, 3.8) is 0 Å². The van der Waals surface area contributed by atoms with Crippen LogP contribution in [0.3, 0.4) is 0 Å². The molecule has 0 aliphatic carbocycles. The van der Waals surface area contributed by atoms with Gasteiger partial charge in [-0.05, 0) is 31.5 Å². The summed E-state index contributed by atoms with van der Waals surface area (Å²) in [4.78, 5) is 13.4. The Kier molecular flexibility index (Phi) is 4.44. The van der Waals surface area contributed by atoms with Gasteiger partial charge in [0.25, 0.3) is 11.6 Å². The van der Waals surface area contributed by atoms with E-state index in [0.29, 0.717) is 11.5 Å². The zero-order valence-corrected chi connectivity index (χ0v) is 15.8. The molecule has 0 fully saturated rings. The van der Waals surface area contributed by atoms with Crippen LogP contribution in [0.2, 0.25) is 0 Å². The van der Waals surface area contributed by atoms with E-state index in [1.807, 2.05) is 36.1 Å². The molecule has 0 saturated heterocycles. The smallest absolute Gasteiger partial charge is 0.353 e. The third-order valence-corrected chi connectivity index (χ3v) is 4.68. The van der Waals surface area contributed by atoms with Crippen LogP contribution in [-0.2, 0) is 6.18 Å². The van der Waals surface area contributed by atoms with Gasteiger partial charge in [-0.2, -0.15) is 27.8 Å². The van der Waals surface area contributed by atoms with Crippen LogP contribution in [0.4, 0.5) is 19.0 Å². The molecule has 0 saturated carbocycles. The van der Waals surface area contributed by atoms with E-state index in [9.17, 15) is 13.2 Å². The van der Waals surface area contributed by atoms with Gasteiger partial charge in [0, 0.05) is 18.8 Å². The molecule has 29 heavy (non-hydrogen) atoms. The minimum atomic E-state index is -4.64. The van der Waals surface area contributed by atoms with E-state index in [2.05, 4.69) is 25.1 Å². The quantitative estimate of drug-likeness (QED) is 0.522. The highest BCUT2D eigenvalue weighted by atomic mass is 19.4. The van der Waals surface area contributed by atoms with Crippen LogP contribution < -0.4 is 4.90 Å². The molecular formula is C18H17F3N8. The number of hydrogen-bond donors (Lipinski definition) is 0. The second-order valence-electron chi connectivity index (χ2n) is 6.62. The third kappa shape index (κ3) is 3.50. The monoisotopic (exact) mass is 402 g/mol. The summed E-state index contributed by atoms with van der Waals surface area (Å²) >= 11 is 0. The Morgan fingerprint density at radius 3 is 2.45 bits per heavy atom. The summed E-state index contributed by atoms with van der Waals surface area (Å²) in [5.74, 6) is -0.841. The summed E-state index contributed by atoms with van der Waals surface area (Å²) < 4.78 is 41.9. The molecule has 0 spiro atoms. The molecule has 3 aromatic heterocycles. The maximum atomic E-state index is 13.0. The molecule has 1 atom stereocenters. The van der Waals surface area contributed by atoms with Gasteiger partial charge in [0.05, 0.1) is 11.7 Å². The summed E-state index contributed by atoms with van der Waals surface area (Å²) in [6.45, 7) is 3.66. The second-order valence-corrected chi connectivity index (χ2v) is 6.62. The number of rotatable bonds is 4. The minimum absolute atomic E-state index is 0.0899. The van der Waals surface area contributed by atoms with Crippen molar-refractivity contribution in [2.45, 2.75) is 26.1 Å². The molecule has 3 heterocycles. The zero-order valence-electron chi connectivity index (χ0n) is 15.8. The third-order valence-electron chi connectivity index (χ3n) is 4.68. The number of alkyl halides is 3. The van der Waals surface area contributed by atoms with Gasteiger partial charge >= 0.3 is 6.18 Å². The van der Waals surface area contributed by atoms with Gasteiger partial charge in [-0.3, -0.25) is 0 Å². The van der Waals surface area contributed by atoms with Gasteiger partial charge in [-0.1, -0.05) is 12.1 Å². The Labute approximate surface area is 163 Å². The van der Waals surface area contributed by atoms with E-state index in [1.54, 1.807) is 31.0 Å². The first-order valence-corrected chi connectivity index (χ1v) is 8.73. The summed E-state index contributed by atoms with van der Waals surface area (Å²) in [7, 11) is 1.79. The average Bonchev–Trinajstić information content (AvgIpc) is 3.35. The highest BCUT2D eigenvalue weighted by Crippen LogP contribution is 2.30. The van der Waals surface area contributed by atoms with E-state index >= 15 is 0 Å². The molecule has 4 aromatic rings. The topological polar surface area (TPSA) is 77.0 Å². The number of halogens is 3. The van der Waals surface area contributed by atoms with Crippen molar-refractivity contribution < 1.29 is 13.2 Å². The molecule has 150 valence electrons. The normalized spacial score (nSPS) is 13.0. The van der Waals surface area contributed by atoms with E-state index in [0.717, 1.165) is 15.8 Å². The van der Waals surface area contributed by atoms with Crippen LogP contribution in [0.1, 0.15) is 30.0 Å². The van der Waals surface area contributed by atoms with E-state index in [4.69, 9.17) is 0 Å². The van der Waals surface area contributed by atoms with Crippen LogP contribution in [0.5, 0.6) is 0 Å². The average molecular weight is 402 g/mol. The summed E-state index contributed by atoms with van der Waals surface area (Å²) in [6, 6.07) is 9.21. The molecule has 0 N–H and O–H groups in total. The lowest BCUT2D eigenvalue weighted by Gasteiger charge is -2.27. The summed E-state index contributed by atoms with van der Waals surface area (Å²) in [5.41, 5.74) is 2.37. The number of fused-ring (bicyclic) bond motifs is 1. The zero-order chi connectivity index (χ0) is 20.8. The van der Waals surface area contributed by atoms with Crippen molar-refractivity contribution >= 4 is 11.6 Å². The van der Waals surface area contributed by atoms with E-state index < -0.39 is 12.0 Å². The van der Waals surface area contributed by atoms with Crippen LogP contribution in [0.25, 0.3) is 11.5 Å². The van der Waals surface area contributed by atoms with Gasteiger partial charge in [0.1, 0.15) is 18.5 Å². The number of aromatic nitrogens is 7. The highest BCUT2D eigenvalue weighted by Gasteiger charge is 2.37. The molecule has 0 aliphatic rings. The molecule has 8 nitrogen and oxygen atoms in total. The lowest BCUT2D eigenvalue weighted by atomic mass is 10.1. The summed E-state index contributed by atoms with van der Waals surface area (Å²) in [5, 5.41) is 7.72. The molecular weight excluding hydrogens is 385 g/mol. The second kappa shape index (κ2) is 6.83. The van der Waals surface area contributed by atoms with Crippen molar-refractivity contribution in [1.29, 1.82) is 0 Å². The molecule has 0 amide bonds. The predicted molar refractivity (Wildman–Crippen MR) is 98.7 cm³/mol. The molecule has 11 heteroatoms. The number of nitrogens with zero attached hydrogens (tertiary/aromatic N) is 8. The fraction of sp³-hybridized carbons (Fsp3) is 0.278. The number of benzene rings is 1. The maximum Gasteiger partial charge on any atom is 0.453 e. The van der Waals surface area contributed by atoms with E-state index in [-0.39, 0.29) is 11.8 Å². The number of hydrogen-bond acceptors (Lipinski definition) is 6. The fourth-order valence-corrected chi connectivity index (χ4v) is 3.01. The Morgan fingerprint density at radius 1 is 1.10 bits per heavy atom. The van der Waals surface area contributed by atoms with Gasteiger partial charge in [0.15, 0.2) is 0 Å². The van der Waals surface area contributed by atoms with Crippen molar-refractivity contribution in [3.05, 3.63) is 60.1 Å². The number of aryl methyl sites for hydroxylation is 1. The molecule has 0 aliphatic heterocycles. The van der Waals surface area contributed by atoms with Crippen molar-refractivity contribution in [2.75, 3.05) is 11.9 Å².